The topological polar surface area (TPSA) is 26.3 Å². The van der Waals surface area contributed by atoms with E-state index in [9.17, 15) is 4.79 Å². The Morgan fingerprint density at radius 2 is 2.23 bits per heavy atom. The fourth-order valence-electron chi connectivity index (χ4n) is 1.59. The van der Waals surface area contributed by atoms with Gasteiger partial charge in [-0.1, -0.05) is 11.6 Å². The largest absolute Gasteiger partial charge is 0.489 e. The molecule has 0 amide bonds. The molecule has 1 aromatic carbocycles. The summed E-state index contributed by atoms with van der Waals surface area (Å²) in [5.74, 6) is 0.923. The number of aryl methyl sites for hydroxylation is 1. The van der Waals surface area contributed by atoms with E-state index < -0.39 is 0 Å². The van der Waals surface area contributed by atoms with Gasteiger partial charge in [0.1, 0.15) is 11.9 Å². The van der Waals surface area contributed by atoms with E-state index in [1.165, 1.54) is 0 Å². The average Bonchev–Trinajstić information content (AvgIpc) is 2.06. The highest BCUT2D eigenvalue weighted by Crippen LogP contribution is 2.27. The minimum Gasteiger partial charge on any atom is -0.489 e. The summed E-state index contributed by atoms with van der Waals surface area (Å²) >= 11 is 0. The molecule has 0 bridgehead atoms. The summed E-state index contributed by atoms with van der Waals surface area (Å²) < 4.78 is 5.54. The Balaban J connectivity index is 2.49. The van der Waals surface area contributed by atoms with Gasteiger partial charge in [-0.3, -0.25) is 4.79 Å². The van der Waals surface area contributed by atoms with Crippen LogP contribution < -0.4 is 4.74 Å². The number of carbonyl (C=O) groups is 1. The van der Waals surface area contributed by atoms with Gasteiger partial charge in [-0.05, 0) is 26.0 Å². The lowest BCUT2D eigenvalue weighted by Crippen LogP contribution is -2.23. The number of hydrogen-bond acceptors (Lipinski definition) is 2. The van der Waals surface area contributed by atoms with Crippen molar-refractivity contribution in [3.63, 3.8) is 0 Å². The van der Waals surface area contributed by atoms with Crippen molar-refractivity contribution in [1.29, 1.82) is 0 Å². The van der Waals surface area contributed by atoms with Crippen LogP contribution in [0.15, 0.2) is 18.2 Å². The summed E-state index contributed by atoms with van der Waals surface area (Å²) in [5.41, 5.74) is 1.84. The van der Waals surface area contributed by atoms with Gasteiger partial charge >= 0.3 is 0 Å². The highest BCUT2D eigenvalue weighted by Gasteiger charge is 2.22. The predicted octanol–water partition coefficient (Wildman–Crippen LogP) is 2.35. The van der Waals surface area contributed by atoms with Crippen LogP contribution >= 0.6 is 0 Å². The van der Waals surface area contributed by atoms with E-state index in [1.54, 1.807) is 0 Å². The first-order valence-corrected chi connectivity index (χ1v) is 4.47. The van der Waals surface area contributed by atoms with Crippen LogP contribution in [0.4, 0.5) is 0 Å². The third kappa shape index (κ3) is 1.44. The van der Waals surface area contributed by atoms with E-state index in [0.717, 1.165) is 16.9 Å². The third-order valence-electron chi connectivity index (χ3n) is 2.24. The van der Waals surface area contributed by atoms with Gasteiger partial charge in [0.2, 0.25) is 0 Å². The van der Waals surface area contributed by atoms with Gasteiger partial charge < -0.3 is 4.74 Å². The van der Waals surface area contributed by atoms with E-state index in [2.05, 4.69) is 0 Å². The van der Waals surface area contributed by atoms with Crippen LogP contribution in [-0.4, -0.2) is 11.9 Å². The molecule has 2 nitrogen and oxygen atoms in total. The minimum atomic E-state index is 0.0164. The monoisotopic (exact) mass is 176 g/mol. The van der Waals surface area contributed by atoms with Gasteiger partial charge in [-0.2, -0.15) is 0 Å². The fourth-order valence-corrected chi connectivity index (χ4v) is 1.59. The first kappa shape index (κ1) is 8.30. The Labute approximate surface area is 77.5 Å². The zero-order valence-electron chi connectivity index (χ0n) is 7.83. The van der Waals surface area contributed by atoms with Crippen LogP contribution in [0.5, 0.6) is 5.75 Å². The first-order valence-electron chi connectivity index (χ1n) is 4.47. The molecule has 0 fully saturated rings. The highest BCUT2D eigenvalue weighted by atomic mass is 16.5. The Morgan fingerprint density at radius 3 is 3.00 bits per heavy atom. The van der Waals surface area contributed by atoms with Crippen LogP contribution in [0.1, 0.15) is 29.3 Å². The van der Waals surface area contributed by atoms with E-state index >= 15 is 0 Å². The number of ether oxygens (including phenoxy) is 1. The summed E-state index contributed by atoms with van der Waals surface area (Å²) in [6, 6.07) is 5.73. The Kier molecular flexibility index (Phi) is 1.83. The molecule has 1 aromatic rings. The molecular formula is C11H12O2. The minimum absolute atomic E-state index is 0.0164. The second-order valence-electron chi connectivity index (χ2n) is 3.56. The molecule has 1 aliphatic heterocycles. The van der Waals surface area contributed by atoms with Gasteiger partial charge in [0.15, 0.2) is 5.78 Å². The number of carbonyl (C=O) groups excluding carboxylic acids is 1. The van der Waals surface area contributed by atoms with E-state index in [-0.39, 0.29) is 11.9 Å². The molecule has 2 heteroatoms. The van der Waals surface area contributed by atoms with E-state index in [0.29, 0.717) is 6.42 Å². The van der Waals surface area contributed by atoms with Gasteiger partial charge in [0, 0.05) is 6.42 Å². The van der Waals surface area contributed by atoms with Gasteiger partial charge in [-0.15, -0.1) is 0 Å². The molecule has 0 saturated heterocycles. The molecule has 0 saturated carbocycles. The van der Waals surface area contributed by atoms with Crippen molar-refractivity contribution in [3.05, 3.63) is 29.3 Å². The van der Waals surface area contributed by atoms with Crippen LogP contribution in [0, 0.1) is 6.92 Å². The normalized spacial score (nSPS) is 20.8. The summed E-state index contributed by atoms with van der Waals surface area (Å²) in [4.78, 5) is 11.6. The summed E-state index contributed by atoms with van der Waals surface area (Å²) in [7, 11) is 0. The quantitative estimate of drug-likeness (QED) is 0.606. The maximum Gasteiger partial charge on any atom is 0.170 e. The van der Waals surface area contributed by atoms with Crippen molar-refractivity contribution < 1.29 is 9.53 Å². The molecule has 1 heterocycles. The second-order valence-corrected chi connectivity index (χ2v) is 3.56. The van der Waals surface area contributed by atoms with Crippen molar-refractivity contribution in [2.75, 3.05) is 0 Å². The zero-order chi connectivity index (χ0) is 9.42. The van der Waals surface area contributed by atoms with Gasteiger partial charge in [0.25, 0.3) is 0 Å². The van der Waals surface area contributed by atoms with Crippen molar-refractivity contribution in [2.45, 2.75) is 26.4 Å². The third-order valence-corrected chi connectivity index (χ3v) is 2.24. The number of benzene rings is 1. The SMILES string of the molecule is Cc1ccc2c(c1)C(=O)CC(C)O2. The lowest BCUT2D eigenvalue weighted by atomic mass is 10.00. The van der Waals surface area contributed by atoms with Gasteiger partial charge in [-0.25, -0.2) is 0 Å². The number of hydrogen-bond donors (Lipinski definition) is 0. The number of fused-ring (bicyclic) bond motifs is 1. The van der Waals surface area contributed by atoms with Gasteiger partial charge in [0.05, 0.1) is 5.56 Å². The molecule has 0 aromatic heterocycles. The zero-order valence-corrected chi connectivity index (χ0v) is 7.83. The van der Waals surface area contributed by atoms with Crippen LogP contribution in [0.25, 0.3) is 0 Å². The van der Waals surface area contributed by atoms with Crippen molar-refractivity contribution in [1.82, 2.24) is 0 Å². The maximum atomic E-state index is 11.6. The lowest BCUT2D eigenvalue weighted by Gasteiger charge is -2.22. The van der Waals surface area contributed by atoms with Crippen molar-refractivity contribution in [2.24, 2.45) is 0 Å². The van der Waals surface area contributed by atoms with Crippen LogP contribution in [0.2, 0.25) is 0 Å². The molecular weight excluding hydrogens is 164 g/mol. The van der Waals surface area contributed by atoms with Crippen molar-refractivity contribution >= 4 is 5.78 Å². The predicted molar refractivity (Wildman–Crippen MR) is 50.2 cm³/mol. The summed E-state index contributed by atoms with van der Waals surface area (Å²) in [5, 5.41) is 0. The molecule has 2 rings (SSSR count). The molecule has 0 spiro atoms. The molecule has 0 aliphatic carbocycles. The second kappa shape index (κ2) is 2.87. The molecule has 0 radical (unpaired) electrons. The molecule has 68 valence electrons. The Bertz CT molecular complexity index is 355. The molecule has 13 heavy (non-hydrogen) atoms. The first-order chi connectivity index (χ1) is 6.16. The number of ketones is 1. The highest BCUT2D eigenvalue weighted by molar-refractivity contribution is 6.00. The lowest BCUT2D eigenvalue weighted by molar-refractivity contribution is 0.0871. The standard InChI is InChI=1S/C11H12O2/c1-7-3-4-11-9(5-7)10(12)6-8(2)13-11/h3-5,8H,6H2,1-2H3. The number of rotatable bonds is 0. The van der Waals surface area contributed by atoms with Crippen molar-refractivity contribution in [3.8, 4) is 5.75 Å². The number of Topliss-reactive ketones (excluding diaryl/α,β-unsaturated/α-hetero) is 1. The molecule has 1 aliphatic rings. The Morgan fingerprint density at radius 1 is 1.46 bits per heavy atom. The molecule has 1 unspecified atom stereocenters. The summed E-state index contributed by atoms with van der Waals surface area (Å²) in [6.07, 6.45) is 0.513. The summed E-state index contributed by atoms with van der Waals surface area (Å²) in [6.45, 7) is 3.90. The van der Waals surface area contributed by atoms with E-state index in [1.807, 2.05) is 32.0 Å². The smallest absolute Gasteiger partial charge is 0.170 e. The van der Waals surface area contributed by atoms with Crippen LogP contribution in [-0.2, 0) is 0 Å². The molecule has 0 N–H and O–H groups in total. The average molecular weight is 176 g/mol. The molecule has 1 atom stereocenters. The maximum absolute atomic E-state index is 11.6. The van der Waals surface area contributed by atoms with E-state index in [4.69, 9.17) is 4.74 Å². The Hall–Kier alpha value is -1.31. The fraction of sp³-hybridized carbons (Fsp3) is 0.364. The van der Waals surface area contributed by atoms with Crippen LogP contribution in [0.3, 0.4) is 0 Å².